The van der Waals surface area contributed by atoms with Crippen molar-refractivity contribution in [1.82, 2.24) is 9.29 Å². The fraction of sp³-hybridized carbons (Fsp3) is 0.583. The molecule has 0 aromatic carbocycles. The van der Waals surface area contributed by atoms with Gasteiger partial charge in [0.25, 0.3) is 0 Å². The van der Waals surface area contributed by atoms with Crippen LogP contribution in [0.15, 0.2) is 28.2 Å². The van der Waals surface area contributed by atoms with E-state index in [0.29, 0.717) is 12.8 Å². The SMILES string of the molecule is CCC(CC)N(CCO)S(=O)(=O)c1c[nH]ccc1=O. The summed E-state index contributed by atoms with van der Waals surface area (Å²) >= 11 is 0. The van der Waals surface area contributed by atoms with Crippen LogP contribution < -0.4 is 5.43 Å². The summed E-state index contributed by atoms with van der Waals surface area (Å²) in [6.07, 6.45) is 3.82. The van der Waals surface area contributed by atoms with E-state index in [1.165, 1.54) is 22.8 Å². The lowest BCUT2D eigenvalue weighted by molar-refractivity contribution is 0.219. The van der Waals surface area contributed by atoms with Crippen molar-refractivity contribution in [2.24, 2.45) is 0 Å². The van der Waals surface area contributed by atoms with Gasteiger partial charge in [-0.3, -0.25) is 4.79 Å². The monoisotopic (exact) mass is 288 g/mol. The molecule has 0 fully saturated rings. The fourth-order valence-electron chi connectivity index (χ4n) is 2.02. The molecule has 2 N–H and O–H groups in total. The minimum Gasteiger partial charge on any atom is -0.395 e. The predicted molar refractivity (Wildman–Crippen MR) is 72.4 cm³/mol. The molecule has 0 aliphatic heterocycles. The van der Waals surface area contributed by atoms with Gasteiger partial charge in [-0.05, 0) is 12.8 Å². The van der Waals surface area contributed by atoms with Gasteiger partial charge in [0.15, 0.2) is 0 Å². The summed E-state index contributed by atoms with van der Waals surface area (Å²) < 4.78 is 26.2. The third-order valence-electron chi connectivity index (χ3n) is 3.05. The van der Waals surface area contributed by atoms with Crippen molar-refractivity contribution in [2.45, 2.75) is 37.6 Å². The van der Waals surface area contributed by atoms with Crippen molar-refractivity contribution in [1.29, 1.82) is 0 Å². The molecular weight excluding hydrogens is 268 g/mol. The Morgan fingerprint density at radius 1 is 1.37 bits per heavy atom. The van der Waals surface area contributed by atoms with Gasteiger partial charge in [0.2, 0.25) is 15.5 Å². The van der Waals surface area contributed by atoms with Crippen LogP contribution in [0.2, 0.25) is 0 Å². The number of hydrogen-bond donors (Lipinski definition) is 2. The Labute approximate surface area is 113 Å². The highest BCUT2D eigenvalue weighted by Crippen LogP contribution is 2.18. The van der Waals surface area contributed by atoms with Crippen LogP contribution in [0.5, 0.6) is 0 Å². The quantitative estimate of drug-likeness (QED) is 0.766. The molecule has 0 aliphatic rings. The second kappa shape index (κ2) is 6.83. The van der Waals surface area contributed by atoms with Crippen LogP contribution in [0.3, 0.4) is 0 Å². The van der Waals surface area contributed by atoms with Crippen molar-refractivity contribution < 1.29 is 13.5 Å². The number of H-pyrrole nitrogens is 1. The Bertz CT molecular complexity index is 549. The van der Waals surface area contributed by atoms with E-state index >= 15 is 0 Å². The lowest BCUT2D eigenvalue weighted by atomic mass is 10.2. The van der Waals surface area contributed by atoms with E-state index in [1.54, 1.807) is 0 Å². The third kappa shape index (κ3) is 3.43. The number of hydrogen-bond acceptors (Lipinski definition) is 4. The molecule has 0 saturated carbocycles. The number of aromatic amines is 1. The second-order valence-corrected chi connectivity index (χ2v) is 6.04. The molecule has 0 radical (unpaired) electrons. The molecule has 1 aromatic rings. The lowest BCUT2D eigenvalue weighted by Crippen LogP contribution is -2.43. The number of pyridine rings is 1. The molecule has 1 aromatic heterocycles. The maximum Gasteiger partial charge on any atom is 0.248 e. The van der Waals surface area contributed by atoms with E-state index < -0.39 is 15.5 Å². The van der Waals surface area contributed by atoms with E-state index in [4.69, 9.17) is 5.11 Å². The van der Waals surface area contributed by atoms with E-state index in [1.807, 2.05) is 13.8 Å². The summed E-state index contributed by atoms with van der Waals surface area (Å²) in [5, 5.41) is 9.06. The number of aliphatic hydroxyl groups is 1. The Kier molecular flexibility index (Phi) is 5.71. The third-order valence-corrected chi connectivity index (χ3v) is 5.02. The molecule has 19 heavy (non-hydrogen) atoms. The molecule has 0 aliphatic carbocycles. The molecule has 0 bridgehead atoms. The van der Waals surface area contributed by atoms with Gasteiger partial charge in [-0.25, -0.2) is 8.42 Å². The summed E-state index contributed by atoms with van der Waals surface area (Å²) in [6.45, 7) is 3.47. The molecule has 6 nitrogen and oxygen atoms in total. The Morgan fingerprint density at radius 3 is 2.47 bits per heavy atom. The standard InChI is InChI=1S/C12H20N2O4S/c1-3-10(4-2)14(7-8-15)19(17,18)12-9-13-6-5-11(12)16/h5-6,9-10,15H,3-4,7-8H2,1-2H3,(H,13,16). The van der Waals surface area contributed by atoms with Gasteiger partial charge >= 0.3 is 0 Å². The van der Waals surface area contributed by atoms with Crippen LogP contribution in [0.4, 0.5) is 0 Å². The number of nitrogens with zero attached hydrogens (tertiary/aromatic N) is 1. The first kappa shape index (κ1) is 15.9. The van der Waals surface area contributed by atoms with Crippen molar-refractivity contribution >= 4 is 10.0 Å². The van der Waals surface area contributed by atoms with Gasteiger partial charge in [0.1, 0.15) is 4.90 Å². The van der Waals surface area contributed by atoms with E-state index in [0.717, 1.165) is 0 Å². The second-order valence-electron chi connectivity index (χ2n) is 4.18. The van der Waals surface area contributed by atoms with Crippen LogP contribution in [0.25, 0.3) is 0 Å². The number of sulfonamides is 1. The zero-order valence-electron chi connectivity index (χ0n) is 11.2. The summed E-state index contributed by atoms with van der Waals surface area (Å²) in [5.74, 6) is 0. The van der Waals surface area contributed by atoms with Gasteiger partial charge in [-0.1, -0.05) is 13.8 Å². The van der Waals surface area contributed by atoms with Crippen LogP contribution in [0.1, 0.15) is 26.7 Å². The first-order chi connectivity index (χ1) is 8.98. The van der Waals surface area contributed by atoms with Crippen LogP contribution in [0, 0.1) is 0 Å². The van der Waals surface area contributed by atoms with E-state index in [-0.39, 0.29) is 24.1 Å². The average molecular weight is 288 g/mol. The van der Waals surface area contributed by atoms with E-state index in [2.05, 4.69) is 4.98 Å². The van der Waals surface area contributed by atoms with Gasteiger partial charge in [0, 0.05) is 31.0 Å². The summed E-state index contributed by atoms with van der Waals surface area (Å²) in [5.41, 5.74) is -0.548. The van der Waals surface area contributed by atoms with Gasteiger partial charge in [-0.15, -0.1) is 0 Å². The molecule has 0 saturated heterocycles. The first-order valence-corrected chi connectivity index (χ1v) is 7.72. The predicted octanol–water partition coefficient (Wildman–Crippen LogP) is 0.547. The highest BCUT2D eigenvalue weighted by Gasteiger charge is 2.30. The Hall–Kier alpha value is -1.18. The highest BCUT2D eigenvalue weighted by molar-refractivity contribution is 7.89. The summed E-state index contributed by atoms with van der Waals surface area (Å²) in [6, 6.07) is 0.952. The van der Waals surface area contributed by atoms with Gasteiger partial charge in [-0.2, -0.15) is 4.31 Å². The zero-order valence-corrected chi connectivity index (χ0v) is 12.0. The zero-order chi connectivity index (χ0) is 14.5. The van der Waals surface area contributed by atoms with Crippen LogP contribution in [-0.4, -0.2) is 42.0 Å². The van der Waals surface area contributed by atoms with Crippen molar-refractivity contribution in [3.8, 4) is 0 Å². The number of rotatable bonds is 7. The van der Waals surface area contributed by atoms with Crippen molar-refractivity contribution in [2.75, 3.05) is 13.2 Å². The van der Waals surface area contributed by atoms with Gasteiger partial charge < -0.3 is 10.1 Å². The maximum absolute atomic E-state index is 12.5. The highest BCUT2D eigenvalue weighted by atomic mass is 32.2. The smallest absolute Gasteiger partial charge is 0.248 e. The van der Waals surface area contributed by atoms with Crippen molar-refractivity contribution in [3.63, 3.8) is 0 Å². The number of nitrogens with one attached hydrogen (secondary N) is 1. The molecule has 0 unspecified atom stereocenters. The van der Waals surface area contributed by atoms with Gasteiger partial charge in [0.05, 0.1) is 6.61 Å². The number of aliphatic hydroxyl groups excluding tert-OH is 1. The lowest BCUT2D eigenvalue weighted by Gasteiger charge is -2.28. The molecule has 0 atom stereocenters. The summed E-state index contributed by atoms with van der Waals surface area (Å²) in [4.78, 5) is 14.0. The van der Waals surface area contributed by atoms with Crippen LogP contribution >= 0.6 is 0 Å². The molecule has 1 heterocycles. The largest absolute Gasteiger partial charge is 0.395 e. The number of aromatic nitrogens is 1. The first-order valence-electron chi connectivity index (χ1n) is 6.28. The minimum absolute atomic E-state index is 0.0109. The Balaban J connectivity index is 3.28. The topological polar surface area (TPSA) is 90.5 Å². The Morgan fingerprint density at radius 2 is 2.00 bits per heavy atom. The normalized spacial score (nSPS) is 12.3. The fourth-order valence-corrected chi connectivity index (χ4v) is 3.83. The summed E-state index contributed by atoms with van der Waals surface area (Å²) in [7, 11) is -3.89. The maximum atomic E-state index is 12.5. The molecule has 7 heteroatoms. The molecular formula is C12H20N2O4S. The van der Waals surface area contributed by atoms with Crippen molar-refractivity contribution in [3.05, 3.63) is 28.7 Å². The molecule has 1 rings (SSSR count). The van der Waals surface area contributed by atoms with Crippen LogP contribution in [-0.2, 0) is 10.0 Å². The minimum atomic E-state index is -3.89. The molecule has 0 spiro atoms. The molecule has 108 valence electrons. The average Bonchev–Trinajstić information content (AvgIpc) is 2.39. The van der Waals surface area contributed by atoms with E-state index in [9.17, 15) is 13.2 Å². The molecule has 0 amide bonds.